The van der Waals surface area contributed by atoms with Crippen molar-refractivity contribution in [1.29, 1.82) is 0 Å². The average molecular weight is 278 g/mol. The van der Waals surface area contributed by atoms with Crippen LogP contribution in [0.15, 0.2) is 12.3 Å². The molecule has 0 N–H and O–H groups in total. The minimum Gasteiger partial charge on any atom is -0.246 e. The van der Waals surface area contributed by atoms with Crippen molar-refractivity contribution in [3.63, 3.8) is 0 Å². The Morgan fingerprint density at radius 3 is 2.29 bits per heavy atom. The second kappa shape index (κ2) is 4.71. The van der Waals surface area contributed by atoms with Gasteiger partial charge in [0.1, 0.15) is 13.8 Å². The molecule has 0 saturated carbocycles. The van der Waals surface area contributed by atoms with Crippen LogP contribution >= 0.6 is 11.6 Å². The third-order valence-electron chi connectivity index (χ3n) is 1.72. The monoisotopic (exact) mass is 277 g/mol. The SMILES string of the molecule is C[Si](C)(C)C#Cc1ncc(C(F)(F)F)cc1Cl. The molecule has 1 aromatic heterocycles. The van der Waals surface area contributed by atoms with Crippen molar-refractivity contribution in [3.05, 3.63) is 28.5 Å². The van der Waals surface area contributed by atoms with Crippen molar-refractivity contribution in [3.8, 4) is 11.5 Å². The maximum Gasteiger partial charge on any atom is 0.417 e. The van der Waals surface area contributed by atoms with E-state index in [1.165, 1.54) is 0 Å². The molecule has 0 radical (unpaired) electrons. The Balaban J connectivity index is 3.10. The van der Waals surface area contributed by atoms with Gasteiger partial charge in [-0.1, -0.05) is 37.2 Å². The molecule has 6 heteroatoms. The molecule has 0 atom stereocenters. The molecule has 0 spiro atoms. The summed E-state index contributed by atoms with van der Waals surface area (Å²) in [6.07, 6.45) is -3.68. The van der Waals surface area contributed by atoms with Gasteiger partial charge >= 0.3 is 6.18 Å². The van der Waals surface area contributed by atoms with Crippen molar-refractivity contribution in [2.45, 2.75) is 25.8 Å². The highest BCUT2D eigenvalue weighted by atomic mass is 35.5. The van der Waals surface area contributed by atoms with Crippen molar-refractivity contribution in [2.75, 3.05) is 0 Å². The first-order chi connectivity index (χ1) is 7.59. The van der Waals surface area contributed by atoms with Gasteiger partial charge in [0.05, 0.1) is 10.6 Å². The van der Waals surface area contributed by atoms with Crippen molar-refractivity contribution < 1.29 is 13.2 Å². The highest BCUT2D eigenvalue weighted by Gasteiger charge is 2.31. The van der Waals surface area contributed by atoms with E-state index >= 15 is 0 Å². The van der Waals surface area contributed by atoms with E-state index in [-0.39, 0.29) is 10.7 Å². The summed E-state index contributed by atoms with van der Waals surface area (Å²) in [5.41, 5.74) is 2.33. The maximum atomic E-state index is 12.3. The van der Waals surface area contributed by atoms with Gasteiger partial charge in [-0.2, -0.15) is 13.2 Å². The van der Waals surface area contributed by atoms with Crippen molar-refractivity contribution >= 4 is 19.7 Å². The summed E-state index contributed by atoms with van der Waals surface area (Å²) < 4.78 is 37.0. The second-order valence-electron chi connectivity index (χ2n) is 4.55. The lowest BCUT2D eigenvalue weighted by Gasteiger charge is -2.07. The Morgan fingerprint density at radius 1 is 1.29 bits per heavy atom. The Hall–Kier alpha value is -0.993. The Kier molecular flexibility index (Phi) is 3.90. The molecular weight excluding hydrogens is 267 g/mol. The van der Waals surface area contributed by atoms with Crippen LogP contribution in [0.2, 0.25) is 24.7 Å². The Bertz CT molecular complexity index is 480. The zero-order valence-electron chi connectivity index (χ0n) is 9.61. The minimum absolute atomic E-state index is 0.0643. The molecule has 0 amide bonds. The van der Waals surface area contributed by atoms with E-state index in [0.717, 1.165) is 12.3 Å². The quantitative estimate of drug-likeness (QED) is 0.516. The zero-order chi connectivity index (χ0) is 13.3. The summed E-state index contributed by atoms with van der Waals surface area (Å²) in [6.45, 7) is 6.08. The first-order valence-electron chi connectivity index (χ1n) is 4.85. The van der Waals surface area contributed by atoms with Gasteiger partial charge in [-0.15, -0.1) is 5.54 Å². The standard InChI is InChI=1S/C11H11ClF3NSi/c1-17(2,3)5-4-10-9(12)6-8(7-16-10)11(13,14)15/h6-7H,1-3H3. The van der Waals surface area contributed by atoms with Crippen LogP contribution in [0.25, 0.3) is 0 Å². The van der Waals surface area contributed by atoms with E-state index in [0.29, 0.717) is 0 Å². The van der Waals surface area contributed by atoms with Crippen LogP contribution in [0.4, 0.5) is 13.2 Å². The lowest BCUT2D eigenvalue weighted by atomic mass is 10.2. The van der Waals surface area contributed by atoms with Gasteiger partial charge in [-0.05, 0) is 6.07 Å². The first-order valence-corrected chi connectivity index (χ1v) is 8.73. The maximum absolute atomic E-state index is 12.3. The summed E-state index contributed by atoms with van der Waals surface area (Å²) in [5.74, 6) is 2.73. The molecule has 17 heavy (non-hydrogen) atoms. The topological polar surface area (TPSA) is 12.9 Å². The molecule has 1 aromatic rings. The zero-order valence-corrected chi connectivity index (χ0v) is 11.4. The number of rotatable bonds is 0. The van der Waals surface area contributed by atoms with Crippen LogP contribution < -0.4 is 0 Å². The van der Waals surface area contributed by atoms with Crippen molar-refractivity contribution in [1.82, 2.24) is 4.98 Å². The third-order valence-corrected chi connectivity index (χ3v) is 2.89. The van der Waals surface area contributed by atoms with Gasteiger partial charge in [-0.25, -0.2) is 4.98 Å². The summed E-state index contributed by atoms with van der Waals surface area (Å²) in [7, 11) is -1.60. The summed E-state index contributed by atoms with van der Waals surface area (Å²) in [4.78, 5) is 3.64. The van der Waals surface area contributed by atoms with Gasteiger partial charge in [-0.3, -0.25) is 0 Å². The van der Waals surface area contributed by atoms with Gasteiger partial charge in [0.15, 0.2) is 0 Å². The average Bonchev–Trinajstić information content (AvgIpc) is 2.12. The van der Waals surface area contributed by atoms with Crippen molar-refractivity contribution in [2.24, 2.45) is 0 Å². The fourth-order valence-corrected chi connectivity index (χ4v) is 1.64. The summed E-state index contributed by atoms with van der Waals surface area (Å²) in [6, 6.07) is 0.850. The van der Waals surface area contributed by atoms with Gasteiger partial charge < -0.3 is 0 Å². The van der Waals surface area contributed by atoms with E-state index < -0.39 is 19.8 Å². The fourth-order valence-electron chi connectivity index (χ4n) is 0.932. The Labute approximate surface area is 104 Å². The van der Waals surface area contributed by atoms with Gasteiger partial charge in [0.2, 0.25) is 0 Å². The van der Waals surface area contributed by atoms with E-state index in [1.54, 1.807) is 0 Å². The van der Waals surface area contributed by atoms with Crippen LogP contribution in [0.5, 0.6) is 0 Å². The number of aromatic nitrogens is 1. The van der Waals surface area contributed by atoms with Crippen LogP contribution in [0.3, 0.4) is 0 Å². The minimum atomic E-state index is -4.43. The number of hydrogen-bond acceptors (Lipinski definition) is 1. The normalized spacial score (nSPS) is 11.9. The molecule has 1 nitrogen and oxygen atoms in total. The van der Waals surface area contributed by atoms with E-state index in [2.05, 4.69) is 16.4 Å². The second-order valence-corrected chi connectivity index (χ2v) is 9.71. The summed E-state index contributed by atoms with van der Waals surface area (Å²) in [5, 5.41) is -0.0643. The molecule has 0 aromatic carbocycles. The molecule has 0 aliphatic rings. The summed E-state index contributed by atoms with van der Waals surface area (Å²) >= 11 is 5.71. The van der Waals surface area contributed by atoms with Gasteiger partial charge in [0, 0.05) is 6.20 Å². The first kappa shape index (κ1) is 14.1. The van der Waals surface area contributed by atoms with E-state index in [4.69, 9.17) is 11.6 Å². The molecule has 0 bridgehead atoms. The molecule has 0 aliphatic carbocycles. The Morgan fingerprint density at radius 2 is 1.88 bits per heavy atom. The van der Waals surface area contributed by atoms with Crippen LogP contribution in [-0.2, 0) is 6.18 Å². The van der Waals surface area contributed by atoms with Crippen LogP contribution in [-0.4, -0.2) is 13.1 Å². The third kappa shape index (κ3) is 4.41. The largest absolute Gasteiger partial charge is 0.417 e. The highest BCUT2D eigenvalue weighted by molar-refractivity contribution is 6.83. The van der Waals surface area contributed by atoms with Crippen LogP contribution in [0.1, 0.15) is 11.3 Å². The molecule has 92 valence electrons. The lowest BCUT2D eigenvalue weighted by Crippen LogP contribution is -2.16. The number of halogens is 4. The predicted molar refractivity (Wildman–Crippen MR) is 64.5 cm³/mol. The fraction of sp³-hybridized carbons (Fsp3) is 0.364. The van der Waals surface area contributed by atoms with Gasteiger partial charge in [0.25, 0.3) is 0 Å². The van der Waals surface area contributed by atoms with E-state index in [1.807, 2.05) is 19.6 Å². The lowest BCUT2D eigenvalue weighted by molar-refractivity contribution is -0.137. The van der Waals surface area contributed by atoms with E-state index in [9.17, 15) is 13.2 Å². The number of nitrogens with zero attached hydrogens (tertiary/aromatic N) is 1. The molecule has 0 unspecified atom stereocenters. The number of pyridine rings is 1. The number of hydrogen-bond donors (Lipinski definition) is 0. The molecule has 1 heterocycles. The molecule has 0 aliphatic heterocycles. The molecule has 1 rings (SSSR count). The molecule has 0 fully saturated rings. The predicted octanol–water partition coefficient (Wildman–Crippen LogP) is 3.98. The number of alkyl halides is 3. The molecular formula is C11H11ClF3NSi. The smallest absolute Gasteiger partial charge is 0.246 e. The highest BCUT2D eigenvalue weighted by Crippen LogP contribution is 2.30. The van der Waals surface area contributed by atoms with Crippen LogP contribution in [0, 0.1) is 11.5 Å². The molecule has 0 saturated heterocycles.